The van der Waals surface area contributed by atoms with Gasteiger partial charge in [0.15, 0.2) is 0 Å². The molecule has 2 N–H and O–H groups in total. The molecule has 7 nitrogen and oxygen atoms in total. The topological polar surface area (TPSA) is 81.8 Å². The summed E-state index contributed by atoms with van der Waals surface area (Å²) in [7, 11) is -4.31. The second kappa shape index (κ2) is 9.71. The first-order valence-electron chi connectivity index (χ1n) is 11.8. The van der Waals surface area contributed by atoms with Crippen molar-refractivity contribution in [3.05, 3.63) is 89.5 Å². The van der Waals surface area contributed by atoms with E-state index in [0.29, 0.717) is 30.4 Å². The van der Waals surface area contributed by atoms with Gasteiger partial charge in [-0.2, -0.15) is 13.2 Å². The average molecular weight is 531 g/mol. The van der Waals surface area contributed by atoms with Gasteiger partial charge in [-0.3, -0.25) is 14.4 Å². The van der Waals surface area contributed by atoms with E-state index in [1.807, 2.05) is 18.2 Å². The van der Waals surface area contributed by atoms with Crippen LogP contribution in [0.4, 0.5) is 24.5 Å². The number of sulfonamides is 1. The fourth-order valence-corrected chi connectivity index (χ4v) is 5.88. The zero-order valence-electron chi connectivity index (χ0n) is 19.7. The predicted octanol–water partition coefficient (Wildman–Crippen LogP) is 3.94. The van der Waals surface area contributed by atoms with Crippen LogP contribution >= 0.6 is 0 Å². The number of benzene rings is 3. The summed E-state index contributed by atoms with van der Waals surface area (Å²) in [6.07, 6.45) is -4.67. The highest BCUT2D eigenvalue weighted by Crippen LogP contribution is 2.33. The molecule has 11 heteroatoms. The first-order chi connectivity index (χ1) is 17.6. The molecule has 5 rings (SSSR count). The molecule has 0 spiro atoms. The Bertz CT molecular complexity index is 1410. The molecular weight excluding hydrogens is 505 g/mol. The van der Waals surface area contributed by atoms with Crippen LogP contribution < -0.4 is 14.9 Å². The van der Waals surface area contributed by atoms with Crippen molar-refractivity contribution in [2.24, 2.45) is 0 Å². The van der Waals surface area contributed by atoms with Crippen molar-refractivity contribution in [3.63, 3.8) is 0 Å². The molecule has 194 valence electrons. The van der Waals surface area contributed by atoms with Crippen LogP contribution in [0.1, 0.15) is 21.5 Å². The maximum absolute atomic E-state index is 13.1. The summed E-state index contributed by atoms with van der Waals surface area (Å²) in [6.45, 7) is 3.47. The Kier molecular flexibility index (Phi) is 6.59. The van der Waals surface area contributed by atoms with E-state index in [4.69, 9.17) is 0 Å². The molecule has 2 aliphatic heterocycles. The van der Waals surface area contributed by atoms with Crippen molar-refractivity contribution >= 4 is 27.3 Å². The number of fused-ring (bicyclic) bond motifs is 3. The molecule has 3 aromatic carbocycles. The third kappa shape index (κ3) is 5.42. The average Bonchev–Trinajstić information content (AvgIpc) is 3.00. The first-order valence-corrected chi connectivity index (χ1v) is 13.2. The van der Waals surface area contributed by atoms with E-state index in [1.54, 1.807) is 6.07 Å². The standard InChI is InChI=1S/C26H25F3N4O3S/c27-26(28,29)19-7-4-8-22(13-19)37(35,36)31-20-9-10-24-23(14-20)25(34)30-15-21-17-32(11-12-33(21)24)16-18-5-2-1-3-6-18/h1-10,13-14,21,31H,11-12,15-17H2,(H,30,34). The van der Waals surface area contributed by atoms with E-state index in [-0.39, 0.29) is 17.6 Å². The maximum Gasteiger partial charge on any atom is 0.416 e. The maximum atomic E-state index is 13.1. The number of alkyl halides is 3. The third-order valence-corrected chi connectivity index (χ3v) is 7.97. The molecule has 37 heavy (non-hydrogen) atoms. The normalized spacial score (nSPS) is 18.4. The number of rotatable bonds is 5. The lowest BCUT2D eigenvalue weighted by molar-refractivity contribution is -0.137. The lowest BCUT2D eigenvalue weighted by Crippen LogP contribution is -2.55. The summed E-state index contributed by atoms with van der Waals surface area (Å²) < 4.78 is 67.1. The van der Waals surface area contributed by atoms with E-state index in [0.717, 1.165) is 37.8 Å². The Labute approximate surface area is 212 Å². The molecule has 1 atom stereocenters. The Balaban J connectivity index is 1.36. The first kappa shape index (κ1) is 25.1. The van der Waals surface area contributed by atoms with E-state index in [1.165, 1.54) is 17.7 Å². The van der Waals surface area contributed by atoms with Gasteiger partial charge in [0.25, 0.3) is 15.9 Å². The molecule has 1 unspecified atom stereocenters. The number of hydrogen-bond acceptors (Lipinski definition) is 5. The zero-order chi connectivity index (χ0) is 26.2. The third-order valence-electron chi connectivity index (χ3n) is 6.59. The van der Waals surface area contributed by atoms with Gasteiger partial charge in [-0.1, -0.05) is 36.4 Å². The molecule has 0 aliphatic carbocycles. The predicted molar refractivity (Wildman–Crippen MR) is 134 cm³/mol. The molecule has 2 aliphatic rings. The van der Waals surface area contributed by atoms with Gasteiger partial charge in [-0.15, -0.1) is 0 Å². The summed E-state index contributed by atoms with van der Waals surface area (Å²) >= 11 is 0. The van der Waals surface area contributed by atoms with Crippen LogP contribution in [0, 0.1) is 0 Å². The minimum absolute atomic E-state index is 0.0373. The number of piperazine rings is 1. The summed E-state index contributed by atoms with van der Waals surface area (Å²) in [4.78, 5) is 16.9. The molecule has 1 fully saturated rings. The van der Waals surface area contributed by atoms with Gasteiger partial charge >= 0.3 is 6.18 Å². The number of halogens is 3. The van der Waals surface area contributed by atoms with Gasteiger partial charge in [0, 0.05) is 38.4 Å². The highest BCUT2D eigenvalue weighted by atomic mass is 32.2. The number of carbonyl (C=O) groups excluding carboxylic acids is 1. The highest BCUT2D eigenvalue weighted by Gasteiger charge is 2.34. The highest BCUT2D eigenvalue weighted by molar-refractivity contribution is 7.92. The summed E-state index contributed by atoms with van der Waals surface area (Å²) in [5.74, 6) is -0.334. The van der Waals surface area contributed by atoms with Crippen LogP contribution in [0.15, 0.2) is 77.7 Å². The van der Waals surface area contributed by atoms with Crippen LogP contribution in [-0.2, 0) is 22.7 Å². The van der Waals surface area contributed by atoms with E-state index < -0.39 is 26.7 Å². The molecule has 0 radical (unpaired) electrons. The Hall–Kier alpha value is -3.57. The van der Waals surface area contributed by atoms with Gasteiger partial charge in [0.1, 0.15) is 0 Å². The Morgan fingerprint density at radius 1 is 0.973 bits per heavy atom. The number of hydrogen-bond donors (Lipinski definition) is 2. The number of anilines is 2. The van der Waals surface area contributed by atoms with Gasteiger partial charge in [-0.05, 0) is 42.0 Å². The largest absolute Gasteiger partial charge is 0.416 e. The minimum Gasteiger partial charge on any atom is -0.364 e. The fraction of sp³-hybridized carbons (Fsp3) is 0.269. The number of amides is 1. The molecule has 1 saturated heterocycles. The molecule has 0 aromatic heterocycles. The minimum atomic E-state index is -4.67. The van der Waals surface area contributed by atoms with Crippen molar-refractivity contribution in [1.29, 1.82) is 0 Å². The Morgan fingerprint density at radius 2 is 1.76 bits per heavy atom. The summed E-state index contributed by atoms with van der Waals surface area (Å²) in [5, 5.41) is 2.92. The summed E-state index contributed by atoms with van der Waals surface area (Å²) in [5.41, 5.74) is 1.25. The van der Waals surface area contributed by atoms with E-state index in [2.05, 4.69) is 32.0 Å². The van der Waals surface area contributed by atoms with Crippen LogP contribution in [-0.4, -0.2) is 51.4 Å². The Morgan fingerprint density at radius 3 is 2.51 bits per heavy atom. The number of nitrogens with zero attached hydrogens (tertiary/aromatic N) is 2. The van der Waals surface area contributed by atoms with Crippen LogP contribution in [0.5, 0.6) is 0 Å². The SMILES string of the molecule is O=C1NCC2CN(Cc3ccccc3)CCN2c2ccc(NS(=O)(=O)c3cccc(C(F)(F)F)c3)cc21. The van der Waals surface area contributed by atoms with E-state index >= 15 is 0 Å². The van der Waals surface area contributed by atoms with Gasteiger partial charge < -0.3 is 10.2 Å². The molecular formula is C26H25F3N4O3S. The van der Waals surface area contributed by atoms with Crippen molar-refractivity contribution < 1.29 is 26.4 Å². The number of nitrogens with one attached hydrogen (secondary N) is 2. The smallest absolute Gasteiger partial charge is 0.364 e. The monoisotopic (exact) mass is 530 g/mol. The lowest BCUT2D eigenvalue weighted by atomic mass is 10.1. The molecule has 0 bridgehead atoms. The zero-order valence-corrected chi connectivity index (χ0v) is 20.5. The van der Waals surface area contributed by atoms with Gasteiger partial charge in [-0.25, -0.2) is 8.42 Å². The van der Waals surface area contributed by atoms with Crippen LogP contribution in [0.2, 0.25) is 0 Å². The summed E-state index contributed by atoms with van der Waals surface area (Å²) in [6, 6.07) is 18.3. The second-order valence-corrected chi connectivity index (χ2v) is 10.8. The van der Waals surface area contributed by atoms with E-state index in [9.17, 15) is 26.4 Å². The number of carbonyl (C=O) groups is 1. The van der Waals surface area contributed by atoms with Crippen molar-refractivity contribution in [3.8, 4) is 0 Å². The van der Waals surface area contributed by atoms with Crippen LogP contribution in [0.3, 0.4) is 0 Å². The lowest BCUT2D eigenvalue weighted by Gasteiger charge is -2.42. The fourth-order valence-electron chi connectivity index (χ4n) is 4.79. The molecule has 2 heterocycles. The van der Waals surface area contributed by atoms with Crippen molar-refractivity contribution in [2.75, 3.05) is 35.8 Å². The molecule has 0 saturated carbocycles. The quantitative estimate of drug-likeness (QED) is 0.523. The second-order valence-electron chi connectivity index (χ2n) is 9.14. The van der Waals surface area contributed by atoms with Gasteiger partial charge in [0.2, 0.25) is 0 Å². The van der Waals surface area contributed by atoms with Crippen LogP contribution in [0.25, 0.3) is 0 Å². The van der Waals surface area contributed by atoms with Crippen molar-refractivity contribution in [1.82, 2.24) is 10.2 Å². The van der Waals surface area contributed by atoms with Gasteiger partial charge in [0.05, 0.1) is 27.8 Å². The molecule has 1 amide bonds. The molecule has 3 aromatic rings. The van der Waals surface area contributed by atoms with Crippen molar-refractivity contribution in [2.45, 2.75) is 23.7 Å².